The van der Waals surface area contributed by atoms with Crippen molar-refractivity contribution >= 4 is 16.7 Å². The number of aromatic carboxylic acids is 1. The second kappa shape index (κ2) is 3.61. The third-order valence-corrected chi connectivity index (χ3v) is 2.32. The average Bonchev–Trinajstić information content (AvgIpc) is 2.27. The Morgan fingerprint density at radius 3 is 2.73 bits per heavy atom. The van der Waals surface area contributed by atoms with E-state index in [2.05, 4.69) is 0 Å². The summed E-state index contributed by atoms with van der Waals surface area (Å²) in [6.45, 7) is 0. The van der Waals surface area contributed by atoms with Gasteiger partial charge in [-0.15, -0.1) is 0 Å². The van der Waals surface area contributed by atoms with Gasteiger partial charge in [-0.2, -0.15) is 0 Å². The van der Waals surface area contributed by atoms with Crippen molar-refractivity contribution in [1.29, 1.82) is 0 Å². The molecule has 0 aliphatic rings. The van der Waals surface area contributed by atoms with Crippen molar-refractivity contribution in [2.45, 2.75) is 0 Å². The molecule has 0 atom stereocenters. The predicted molar refractivity (Wildman–Crippen MR) is 57.5 cm³/mol. The van der Waals surface area contributed by atoms with E-state index in [9.17, 15) is 4.79 Å². The number of benzene rings is 2. The number of rotatable bonds is 2. The molecule has 3 nitrogen and oxygen atoms in total. The van der Waals surface area contributed by atoms with Gasteiger partial charge in [0.25, 0.3) is 0 Å². The Balaban J connectivity index is 2.72. The van der Waals surface area contributed by atoms with Crippen LogP contribution in [0.2, 0.25) is 0 Å². The van der Waals surface area contributed by atoms with Gasteiger partial charge in [0, 0.05) is 0 Å². The first kappa shape index (κ1) is 9.52. The number of methoxy groups -OCH3 is 1. The first-order valence-corrected chi connectivity index (χ1v) is 4.52. The Morgan fingerprint density at radius 2 is 2.07 bits per heavy atom. The molecule has 0 bridgehead atoms. The summed E-state index contributed by atoms with van der Waals surface area (Å²) >= 11 is 0. The highest BCUT2D eigenvalue weighted by molar-refractivity contribution is 6.03. The van der Waals surface area contributed by atoms with E-state index in [1.807, 2.05) is 12.1 Å². The maximum Gasteiger partial charge on any atom is 0.336 e. The molecule has 0 fully saturated rings. The summed E-state index contributed by atoms with van der Waals surface area (Å²) in [6, 6.07) is 10.5. The molecule has 1 N–H and O–H groups in total. The summed E-state index contributed by atoms with van der Waals surface area (Å²) in [5, 5.41) is 10.6. The Kier molecular flexibility index (Phi) is 2.29. The van der Waals surface area contributed by atoms with E-state index in [-0.39, 0.29) is 0 Å². The second-order valence-corrected chi connectivity index (χ2v) is 3.20. The second-order valence-electron chi connectivity index (χ2n) is 3.20. The van der Waals surface area contributed by atoms with Crippen molar-refractivity contribution in [3.8, 4) is 5.75 Å². The maximum absolute atomic E-state index is 10.9. The molecule has 15 heavy (non-hydrogen) atoms. The van der Waals surface area contributed by atoms with Crippen LogP contribution in [-0.2, 0) is 0 Å². The van der Waals surface area contributed by atoms with Gasteiger partial charge in [0.2, 0.25) is 0 Å². The van der Waals surface area contributed by atoms with Crippen LogP contribution in [0.1, 0.15) is 10.4 Å². The van der Waals surface area contributed by atoms with Crippen LogP contribution in [0.5, 0.6) is 5.75 Å². The normalized spacial score (nSPS) is 10.2. The first-order chi connectivity index (χ1) is 7.22. The largest absolute Gasteiger partial charge is 0.497 e. The van der Waals surface area contributed by atoms with E-state index in [1.165, 1.54) is 0 Å². The lowest BCUT2D eigenvalue weighted by Crippen LogP contribution is -1.97. The van der Waals surface area contributed by atoms with Crippen LogP contribution >= 0.6 is 0 Å². The molecule has 2 aromatic carbocycles. The van der Waals surface area contributed by atoms with Gasteiger partial charge in [-0.25, -0.2) is 4.79 Å². The van der Waals surface area contributed by atoms with Crippen molar-refractivity contribution in [2.24, 2.45) is 0 Å². The third-order valence-electron chi connectivity index (χ3n) is 2.32. The molecule has 0 aliphatic heterocycles. The number of carboxylic acids is 1. The van der Waals surface area contributed by atoms with Gasteiger partial charge in [0.1, 0.15) is 5.75 Å². The fourth-order valence-corrected chi connectivity index (χ4v) is 1.58. The monoisotopic (exact) mass is 202 g/mol. The fourth-order valence-electron chi connectivity index (χ4n) is 1.58. The molecule has 0 spiro atoms. The number of ether oxygens (including phenoxy) is 1. The summed E-state index contributed by atoms with van der Waals surface area (Å²) < 4.78 is 5.08. The van der Waals surface area contributed by atoms with Gasteiger partial charge in [0.15, 0.2) is 0 Å². The Labute approximate surface area is 86.9 Å². The molecule has 0 radical (unpaired) electrons. The number of carboxylic acid groups (broad SMARTS) is 1. The van der Waals surface area contributed by atoms with E-state index in [4.69, 9.17) is 9.84 Å². The zero-order valence-electron chi connectivity index (χ0n) is 8.23. The molecule has 2 rings (SSSR count). The van der Waals surface area contributed by atoms with Crippen LogP contribution in [0.3, 0.4) is 0 Å². The zero-order valence-corrected chi connectivity index (χ0v) is 8.23. The van der Waals surface area contributed by atoms with E-state index < -0.39 is 5.97 Å². The summed E-state index contributed by atoms with van der Waals surface area (Å²) in [5.74, 6) is -0.184. The topological polar surface area (TPSA) is 46.5 Å². The minimum absolute atomic E-state index is 0.315. The molecule has 0 unspecified atom stereocenters. The molecule has 2 aromatic rings. The molecule has 3 heteroatoms. The van der Waals surface area contributed by atoms with Crippen LogP contribution < -0.4 is 4.74 Å². The number of carbonyl (C=O) groups is 1. The van der Waals surface area contributed by atoms with E-state index >= 15 is 0 Å². The van der Waals surface area contributed by atoms with Gasteiger partial charge in [-0.1, -0.05) is 12.1 Å². The summed E-state index contributed by atoms with van der Waals surface area (Å²) in [4.78, 5) is 10.9. The summed E-state index contributed by atoms with van der Waals surface area (Å²) in [7, 11) is 1.59. The molecule has 0 aliphatic carbocycles. The predicted octanol–water partition coefficient (Wildman–Crippen LogP) is 2.55. The van der Waals surface area contributed by atoms with E-state index in [1.54, 1.807) is 31.4 Å². The number of hydrogen-bond donors (Lipinski definition) is 1. The van der Waals surface area contributed by atoms with Crippen LogP contribution in [0.15, 0.2) is 36.4 Å². The van der Waals surface area contributed by atoms with Gasteiger partial charge in [-0.05, 0) is 35.0 Å². The van der Waals surface area contributed by atoms with Crippen molar-refractivity contribution in [1.82, 2.24) is 0 Å². The van der Waals surface area contributed by atoms with E-state index in [0.717, 1.165) is 16.5 Å². The molecule has 0 aromatic heterocycles. The highest BCUT2D eigenvalue weighted by atomic mass is 16.5. The molecule has 0 heterocycles. The Morgan fingerprint density at radius 1 is 1.27 bits per heavy atom. The van der Waals surface area contributed by atoms with Gasteiger partial charge in [-0.3, -0.25) is 0 Å². The minimum Gasteiger partial charge on any atom is -0.497 e. The van der Waals surface area contributed by atoms with Crippen molar-refractivity contribution in [2.75, 3.05) is 7.11 Å². The summed E-state index contributed by atoms with van der Waals surface area (Å²) in [6.07, 6.45) is 0. The van der Waals surface area contributed by atoms with Crippen molar-refractivity contribution < 1.29 is 14.6 Å². The molecule has 0 saturated carbocycles. The van der Waals surface area contributed by atoms with Gasteiger partial charge < -0.3 is 9.84 Å². The minimum atomic E-state index is -0.911. The van der Waals surface area contributed by atoms with Gasteiger partial charge >= 0.3 is 5.97 Å². The molecular weight excluding hydrogens is 192 g/mol. The van der Waals surface area contributed by atoms with Gasteiger partial charge in [0.05, 0.1) is 12.7 Å². The Hall–Kier alpha value is -2.03. The van der Waals surface area contributed by atoms with Crippen molar-refractivity contribution in [3.05, 3.63) is 42.0 Å². The lowest BCUT2D eigenvalue weighted by molar-refractivity contribution is 0.0699. The third kappa shape index (κ3) is 1.64. The highest BCUT2D eigenvalue weighted by Gasteiger charge is 2.07. The first-order valence-electron chi connectivity index (χ1n) is 4.52. The zero-order chi connectivity index (χ0) is 10.8. The Bertz CT molecular complexity index is 517. The molecule has 0 saturated heterocycles. The van der Waals surface area contributed by atoms with Crippen LogP contribution in [0, 0.1) is 0 Å². The maximum atomic E-state index is 10.9. The van der Waals surface area contributed by atoms with Crippen molar-refractivity contribution in [3.63, 3.8) is 0 Å². The lowest BCUT2D eigenvalue weighted by Gasteiger charge is -2.04. The smallest absolute Gasteiger partial charge is 0.336 e. The number of hydrogen-bond acceptors (Lipinski definition) is 2. The fraction of sp³-hybridized carbons (Fsp3) is 0.0833. The highest BCUT2D eigenvalue weighted by Crippen LogP contribution is 2.23. The van der Waals surface area contributed by atoms with Crippen LogP contribution in [0.4, 0.5) is 0 Å². The number of fused-ring (bicyclic) bond motifs is 1. The van der Waals surface area contributed by atoms with Crippen LogP contribution in [0.25, 0.3) is 10.8 Å². The standard InChI is InChI=1S/C12H10O3/c1-15-9-5-6-10-8(7-9)3-2-4-11(10)12(13)14/h2-7H,1H3,(H,13,14). The summed E-state index contributed by atoms with van der Waals surface area (Å²) in [5.41, 5.74) is 0.315. The lowest BCUT2D eigenvalue weighted by atomic mass is 10.0. The quantitative estimate of drug-likeness (QED) is 0.814. The molecule has 0 amide bonds. The average molecular weight is 202 g/mol. The SMILES string of the molecule is COc1ccc2c(C(=O)O)cccc2c1. The molecular formula is C12H10O3. The molecule has 76 valence electrons. The van der Waals surface area contributed by atoms with Crippen LogP contribution in [-0.4, -0.2) is 18.2 Å². The van der Waals surface area contributed by atoms with E-state index in [0.29, 0.717) is 5.56 Å².